The summed E-state index contributed by atoms with van der Waals surface area (Å²) in [5, 5.41) is 14.0. The Bertz CT molecular complexity index is 1180. The standard InChI is InChI=1S/C19H23N5O4S2/c1-27-15-6-4-13(12-16(15)28-2)5-7-17-22-24-18(20-21-19(24)29-17)14-8-10-23(11-9-14)30(3,25)26/h4-7,12,14H,8-11H2,1-3H3/b7-5+. The van der Waals surface area contributed by atoms with Gasteiger partial charge in [0.05, 0.1) is 20.5 Å². The maximum atomic E-state index is 11.7. The van der Waals surface area contributed by atoms with E-state index in [1.807, 2.05) is 30.4 Å². The number of sulfonamides is 1. The van der Waals surface area contributed by atoms with E-state index in [4.69, 9.17) is 9.47 Å². The molecule has 30 heavy (non-hydrogen) atoms. The Balaban J connectivity index is 1.52. The first-order valence-electron chi connectivity index (χ1n) is 9.46. The van der Waals surface area contributed by atoms with E-state index in [9.17, 15) is 8.42 Å². The molecule has 3 heterocycles. The summed E-state index contributed by atoms with van der Waals surface area (Å²) in [4.78, 5) is 0.725. The van der Waals surface area contributed by atoms with Crippen LogP contribution in [0.4, 0.5) is 0 Å². The van der Waals surface area contributed by atoms with Crippen LogP contribution in [0.3, 0.4) is 0 Å². The smallest absolute Gasteiger partial charge is 0.234 e. The summed E-state index contributed by atoms with van der Waals surface area (Å²) in [6.07, 6.45) is 6.55. The molecule has 1 aromatic carbocycles. The van der Waals surface area contributed by atoms with Crippen LogP contribution in [-0.2, 0) is 10.0 Å². The fraction of sp³-hybridized carbons (Fsp3) is 0.421. The molecule has 0 amide bonds. The van der Waals surface area contributed by atoms with Gasteiger partial charge in [-0.1, -0.05) is 23.5 Å². The highest BCUT2D eigenvalue weighted by molar-refractivity contribution is 7.88. The number of hydrogen-bond donors (Lipinski definition) is 0. The molecule has 0 spiro atoms. The molecule has 0 atom stereocenters. The number of ether oxygens (including phenoxy) is 2. The number of benzene rings is 1. The SMILES string of the molecule is COc1ccc(/C=C/c2nn3c(C4CCN(S(C)(=O)=O)CC4)nnc3s2)cc1OC. The van der Waals surface area contributed by atoms with Crippen LogP contribution in [0.5, 0.6) is 11.5 Å². The summed E-state index contributed by atoms with van der Waals surface area (Å²) in [7, 11) is 0.0650. The van der Waals surface area contributed by atoms with Gasteiger partial charge in [0.2, 0.25) is 15.0 Å². The Morgan fingerprint density at radius 3 is 2.50 bits per heavy atom. The lowest BCUT2D eigenvalue weighted by Crippen LogP contribution is -2.37. The van der Waals surface area contributed by atoms with Crippen molar-refractivity contribution in [1.29, 1.82) is 0 Å². The molecule has 1 aliphatic heterocycles. The van der Waals surface area contributed by atoms with Gasteiger partial charge in [-0.3, -0.25) is 0 Å². The van der Waals surface area contributed by atoms with Crippen LogP contribution in [0.2, 0.25) is 0 Å². The van der Waals surface area contributed by atoms with Gasteiger partial charge in [-0.2, -0.15) is 9.61 Å². The van der Waals surface area contributed by atoms with Gasteiger partial charge < -0.3 is 9.47 Å². The number of hydrogen-bond acceptors (Lipinski definition) is 8. The Morgan fingerprint density at radius 2 is 1.83 bits per heavy atom. The number of piperidine rings is 1. The molecule has 0 radical (unpaired) electrons. The molecule has 0 unspecified atom stereocenters. The summed E-state index contributed by atoms with van der Waals surface area (Å²) >= 11 is 1.45. The number of rotatable bonds is 6. The van der Waals surface area contributed by atoms with Crippen molar-refractivity contribution >= 4 is 38.5 Å². The van der Waals surface area contributed by atoms with Crippen LogP contribution in [0, 0.1) is 0 Å². The topological polar surface area (TPSA) is 98.9 Å². The molecule has 11 heteroatoms. The predicted octanol–water partition coefficient (Wildman–Crippen LogP) is 2.51. The van der Waals surface area contributed by atoms with Gasteiger partial charge in [0.25, 0.3) is 0 Å². The molecule has 160 valence electrons. The number of methoxy groups -OCH3 is 2. The molecule has 1 fully saturated rings. The van der Waals surface area contributed by atoms with Gasteiger partial charge >= 0.3 is 0 Å². The van der Waals surface area contributed by atoms with E-state index in [0.717, 1.165) is 21.4 Å². The second kappa shape index (κ2) is 8.32. The first kappa shape index (κ1) is 20.8. The lowest BCUT2D eigenvalue weighted by atomic mass is 9.97. The van der Waals surface area contributed by atoms with E-state index < -0.39 is 10.0 Å². The zero-order valence-corrected chi connectivity index (χ0v) is 18.6. The van der Waals surface area contributed by atoms with Crippen LogP contribution in [0.1, 0.15) is 35.2 Å². The summed E-state index contributed by atoms with van der Waals surface area (Å²) in [6.45, 7) is 0.989. The van der Waals surface area contributed by atoms with Crippen molar-refractivity contribution in [2.24, 2.45) is 0 Å². The van der Waals surface area contributed by atoms with E-state index in [-0.39, 0.29) is 5.92 Å². The third kappa shape index (κ3) is 4.18. The summed E-state index contributed by atoms with van der Waals surface area (Å²) in [5.74, 6) is 2.28. The first-order chi connectivity index (χ1) is 14.4. The van der Waals surface area contributed by atoms with Crippen LogP contribution < -0.4 is 9.47 Å². The fourth-order valence-corrected chi connectivity index (χ4v) is 5.16. The molecule has 0 aliphatic carbocycles. The predicted molar refractivity (Wildman–Crippen MR) is 116 cm³/mol. The molecule has 1 saturated heterocycles. The quantitative estimate of drug-likeness (QED) is 0.570. The number of fused-ring (bicyclic) bond motifs is 1. The minimum absolute atomic E-state index is 0.141. The van der Waals surface area contributed by atoms with E-state index in [2.05, 4.69) is 15.3 Å². The molecular formula is C19H23N5O4S2. The fourth-order valence-electron chi connectivity index (χ4n) is 3.54. The lowest BCUT2D eigenvalue weighted by molar-refractivity contribution is 0.313. The third-order valence-corrected chi connectivity index (χ3v) is 7.31. The molecule has 3 aromatic rings. The molecule has 2 aromatic heterocycles. The van der Waals surface area contributed by atoms with Gasteiger partial charge in [0.1, 0.15) is 5.01 Å². The van der Waals surface area contributed by atoms with Crippen molar-refractivity contribution in [2.75, 3.05) is 33.6 Å². The second-order valence-electron chi connectivity index (χ2n) is 7.08. The molecule has 0 bridgehead atoms. The summed E-state index contributed by atoms with van der Waals surface area (Å²) < 4.78 is 37.3. The first-order valence-corrected chi connectivity index (χ1v) is 12.1. The summed E-state index contributed by atoms with van der Waals surface area (Å²) in [5.41, 5.74) is 0.965. The van der Waals surface area contributed by atoms with Gasteiger partial charge in [-0.05, 0) is 36.6 Å². The normalized spacial score (nSPS) is 16.5. The second-order valence-corrected chi connectivity index (χ2v) is 10.0. The maximum Gasteiger partial charge on any atom is 0.234 e. The highest BCUT2D eigenvalue weighted by Gasteiger charge is 2.29. The lowest BCUT2D eigenvalue weighted by Gasteiger charge is -2.28. The zero-order valence-electron chi connectivity index (χ0n) is 17.0. The minimum Gasteiger partial charge on any atom is -0.493 e. The minimum atomic E-state index is -3.15. The van der Waals surface area contributed by atoms with Crippen molar-refractivity contribution in [3.05, 3.63) is 34.6 Å². The van der Waals surface area contributed by atoms with Crippen molar-refractivity contribution in [3.63, 3.8) is 0 Å². The van der Waals surface area contributed by atoms with Crippen LogP contribution in [-0.4, -0.2) is 66.1 Å². The average Bonchev–Trinajstić information content (AvgIpc) is 3.32. The number of aromatic nitrogens is 4. The Morgan fingerprint density at radius 1 is 1.10 bits per heavy atom. The molecule has 1 aliphatic rings. The van der Waals surface area contributed by atoms with Crippen LogP contribution in [0.15, 0.2) is 18.2 Å². The molecule has 9 nitrogen and oxygen atoms in total. The Hall–Kier alpha value is -2.50. The van der Waals surface area contributed by atoms with E-state index in [0.29, 0.717) is 37.4 Å². The Kier molecular flexibility index (Phi) is 5.76. The van der Waals surface area contributed by atoms with E-state index in [1.165, 1.54) is 21.9 Å². The molecule has 0 saturated carbocycles. The van der Waals surface area contributed by atoms with Crippen LogP contribution >= 0.6 is 11.3 Å². The van der Waals surface area contributed by atoms with Gasteiger partial charge in [-0.15, -0.1) is 10.2 Å². The largest absolute Gasteiger partial charge is 0.493 e. The van der Waals surface area contributed by atoms with Crippen LogP contribution in [0.25, 0.3) is 17.1 Å². The van der Waals surface area contributed by atoms with Crippen molar-refractivity contribution in [1.82, 2.24) is 24.1 Å². The maximum absolute atomic E-state index is 11.7. The molecule has 4 rings (SSSR count). The van der Waals surface area contributed by atoms with E-state index >= 15 is 0 Å². The third-order valence-electron chi connectivity index (χ3n) is 5.14. The van der Waals surface area contributed by atoms with Crippen molar-refractivity contribution in [2.45, 2.75) is 18.8 Å². The van der Waals surface area contributed by atoms with Crippen molar-refractivity contribution < 1.29 is 17.9 Å². The van der Waals surface area contributed by atoms with Gasteiger partial charge in [0.15, 0.2) is 17.3 Å². The van der Waals surface area contributed by atoms with Gasteiger partial charge in [0, 0.05) is 19.0 Å². The van der Waals surface area contributed by atoms with Crippen molar-refractivity contribution in [3.8, 4) is 11.5 Å². The molecular weight excluding hydrogens is 426 g/mol. The number of nitrogens with zero attached hydrogens (tertiary/aromatic N) is 5. The Labute approximate surface area is 179 Å². The van der Waals surface area contributed by atoms with Gasteiger partial charge in [-0.25, -0.2) is 12.7 Å². The monoisotopic (exact) mass is 449 g/mol. The summed E-state index contributed by atoms with van der Waals surface area (Å²) in [6, 6.07) is 5.70. The highest BCUT2D eigenvalue weighted by Crippen LogP contribution is 2.30. The van der Waals surface area contributed by atoms with E-state index in [1.54, 1.807) is 18.7 Å². The average molecular weight is 450 g/mol. The zero-order chi connectivity index (χ0) is 21.3. The molecule has 0 N–H and O–H groups in total. The highest BCUT2D eigenvalue weighted by atomic mass is 32.2.